The van der Waals surface area contributed by atoms with Crippen LogP contribution in [0.4, 0.5) is 26.3 Å². The van der Waals surface area contributed by atoms with Crippen molar-refractivity contribution in [2.24, 2.45) is 0 Å². The standard InChI is InChI=1S/2C22H21F3N2O3/c2*23-22(24,25)21(29,20(28)26-10-12-30-13-11-26)18-15-27(14-16-6-2-1-3-7-16)19-9-5-4-8-17(18)19/h2*1-9,15,29H,10-14H2. The molecular weight excluding hydrogens is 794 g/mol. The number of halogens is 6. The molecule has 0 aliphatic carbocycles. The average Bonchev–Trinajstić information content (AvgIpc) is 3.82. The summed E-state index contributed by atoms with van der Waals surface area (Å²) in [6.45, 7) is 1.15. The van der Waals surface area contributed by atoms with Gasteiger partial charge < -0.3 is 38.6 Å². The first kappa shape index (κ1) is 42.4. The van der Waals surface area contributed by atoms with Crippen molar-refractivity contribution in [3.05, 3.63) is 144 Å². The summed E-state index contributed by atoms with van der Waals surface area (Å²) >= 11 is 0. The molecule has 0 saturated carbocycles. The molecule has 0 radical (unpaired) electrons. The van der Waals surface area contributed by atoms with E-state index in [9.17, 15) is 46.1 Å². The van der Waals surface area contributed by atoms with Gasteiger partial charge >= 0.3 is 12.4 Å². The normalized spacial score (nSPS) is 17.1. The second kappa shape index (κ2) is 17.1. The summed E-state index contributed by atoms with van der Waals surface area (Å²) in [5.41, 5.74) is -5.42. The van der Waals surface area contributed by atoms with E-state index in [1.807, 2.05) is 60.7 Å². The van der Waals surface area contributed by atoms with Crippen LogP contribution in [0.25, 0.3) is 21.8 Å². The van der Waals surface area contributed by atoms with Crippen molar-refractivity contribution in [3.63, 3.8) is 0 Å². The number of fused-ring (bicyclic) bond motifs is 2. The smallest absolute Gasteiger partial charge is 0.378 e. The van der Waals surface area contributed by atoms with Gasteiger partial charge in [-0.15, -0.1) is 0 Å². The maximum Gasteiger partial charge on any atom is 0.430 e. The number of hydrogen-bond donors (Lipinski definition) is 2. The molecule has 6 aromatic rings. The van der Waals surface area contributed by atoms with Crippen LogP contribution in [0, 0.1) is 0 Å². The van der Waals surface area contributed by atoms with Gasteiger partial charge in [0, 0.05) is 84.6 Å². The number of alkyl halides is 6. The Labute approximate surface area is 340 Å². The number of aliphatic hydroxyl groups is 2. The number of para-hydroxylation sites is 2. The molecule has 2 aliphatic heterocycles. The number of benzene rings is 4. The monoisotopic (exact) mass is 836 g/mol. The van der Waals surface area contributed by atoms with Crippen molar-refractivity contribution >= 4 is 33.6 Å². The van der Waals surface area contributed by atoms with Gasteiger partial charge in [0.2, 0.25) is 0 Å². The Hall–Kier alpha value is -5.68. The van der Waals surface area contributed by atoms with Crippen LogP contribution in [0.15, 0.2) is 122 Å². The summed E-state index contributed by atoms with van der Waals surface area (Å²) < 4.78 is 98.9. The van der Waals surface area contributed by atoms with Crippen molar-refractivity contribution in [1.29, 1.82) is 0 Å². The fraction of sp³-hybridized carbons (Fsp3) is 0.318. The summed E-state index contributed by atoms with van der Waals surface area (Å²) in [5, 5.41) is 22.3. The van der Waals surface area contributed by atoms with Crippen LogP contribution < -0.4 is 0 Å². The highest BCUT2D eigenvalue weighted by molar-refractivity contribution is 5.96. The number of rotatable bonds is 8. The highest BCUT2D eigenvalue weighted by atomic mass is 19.4. The van der Waals surface area contributed by atoms with Gasteiger partial charge in [-0.25, -0.2) is 0 Å². The molecule has 2 atom stereocenters. The zero-order valence-electron chi connectivity index (χ0n) is 32.2. The van der Waals surface area contributed by atoms with E-state index in [-0.39, 0.29) is 63.4 Å². The van der Waals surface area contributed by atoms with E-state index in [2.05, 4.69) is 0 Å². The Kier molecular flexibility index (Phi) is 12.1. The minimum Gasteiger partial charge on any atom is -0.378 e. The van der Waals surface area contributed by atoms with Crippen molar-refractivity contribution in [3.8, 4) is 0 Å². The minimum absolute atomic E-state index is 0.000119. The fourth-order valence-corrected chi connectivity index (χ4v) is 7.66. The average molecular weight is 837 g/mol. The van der Waals surface area contributed by atoms with Gasteiger partial charge in [0.15, 0.2) is 0 Å². The quantitative estimate of drug-likeness (QED) is 0.168. The molecule has 2 aliphatic rings. The molecule has 2 unspecified atom stereocenters. The van der Waals surface area contributed by atoms with Crippen LogP contribution in [0.3, 0.4) is 0 Å². The van der Waals surface area contributed by atoms with E-state index in [0.717, 1.165) is 20.9 Å². The first-order valence-electron chi connectivity index (χ1n) is 19.2. The lowest BCUT2D eigenvalue weighted by molar-refractivity contribution is -0.263. The molecule has 2 saturated heterocycles. The van der Waals surface area contributed by atoms with E-state index >= 15 is 0 Å². The summed E-state index contributed by atoms with van der Waals surface area (Å²) in [7, 11) is 0. The van der Waals surface area contributed by atoms with Gasteiger partial charge in [0.25, 0.3) is 23.0 Å². The number of aromatic nitrogens is 2. The number of carbonyl (C=O) groups is 2. The van der Waals surface area contributed by atoms with E-state index in [1.54, 1.807) is 45.5 Å². The van der Waals surface area contributed by atoms with Crippen LogP contribution in [0.1, 0.15) is 22.3 Å². The maximum atomic E-state index is 14.2. The third-order valence-electron chi connectivity index (χ3n) is 10.8. The van der Waals surface area contributed by atoms with Gasteiger partial charge in [-0.3, -0.25) is 9.59 Å². The highest BCUT2D eigenvalue weighted by Crippen LogP contribution is 2.45. The van der Waals surface area contributed by atoms with Crippen molar-refractivity contribution in [2.45, 2.75) is 36.6 Å². The second-order valence-corrected chi connectivity index (χ2v) is 14.6. The molecular formula is C44H42F6N4O6. The number of carbonyl (C=O) groups excluding carboxylic acids is 2. The van der Waals surface area contributed by atoms with Crippen LogP contribution in [0.2, 0.25) is 0 Å². The predicted molar refractivity (Wildman–Crippen MR) is 210 cm³/mol. The fourth-order valence-electron chi connectivity index (χ4n) is 7.66. The Morgan fingerprint density at radius 2 is 0.817 bits per heavy atom. The van der Waals surface area contributed by atoms with E-state index < -0.39 is 46.5 Å². The number of hydrogen-bond acceptors (Lipinski definition) is 6. The molecule has 2 aromatic heterocycles. The lowest BCUT2D eigenvalue weighted by atomic mass is 9.90. The third kappa shape index (κ3) is 8.11. The maximum absolute atomic E-state index is 14.2. The molecule has 2 fully saturated rings. The van der Waals surface area contributed by atoms with Crippen LogP contribution in [-0.2, 0) is 43.4 Å². The Balaban J connectivity index is 0.000000181. The highest BCUT2D eigenvalue weighted by Gasteiger charge is 2.64. The molecule has 60 heavy (non-hydrogen) atoms. The van der Waals surface area contributed by atoms with Crippen LogP contribution in [-0.4, -0.2) is 106 Å². The molecule has 4 aromatic carbocycles. The van der Waals surface area contributed by atoms with Gasteiger partial charge in [-0.1, -0.05) is 97.1 Å². The summed E-state index contributed by atoms with van der Waals surface area (Å²) in [6, 6.07) is 31.5. The van der Waals surface area contributed by atoms with Gasteiger partial charge in [0.1, 0.15) is 0 Å². The Morgan fingerprint density at radius 3 is 1.15 bits per heavy atom. The minimum atomic E-state index is -5.19. The van der Waals surface area contributed by atoms with E-state index in [0.29, 0.717) is 24.1 Å². The van der Waals surface area contributed by atoms with Gasteiger partial charge in [-0.05, 0) is 23.3 Å². The zero-order valence-corrected chi connectivity index (χ0v) is 32.2. The predicted octanol–water partition coefficient (Wildman–Crippen LogP) is 6.60. The molecule has 0 bridgehead atoms. The third-order valence-corrected chi connectivity index (χ3v) is 10.8. The van der Waals surface area contributed by atoms with Gasteiger partial charge in [-0.2, -0.15) is 26.3 Å². The van der Waals surface area contributed by atoms with Crippen LogP contribution in [0.5, 0.6) is 0 Å². The first-order chi connectivity index (χ1) is 28.6. The largest absolute Gasteiger partial charge is 0.430 e. The topological polar surface area (TPSA) is 109 Å². The molecule has 4 heterocycles. The molecule has 8 rings (SSSR count). The van der Waals surface area contributed by atoms with Crippen molar-refractivity contribution < 1.29 is 55.6 Å². The zero-order chi connectivity index (χ0) is 42.7. The molecule has 0 spiro atoms. The first-order valence-corrected chi connectivity index (χ1v) is 19.2. The molecule has 2 N–H and O–H groups in total. The Bertz CT molecular complexity index is 2250. The number of morpholine rings is 2. The van der Waals surface area contributed by atoms with E-state index in [4.69, 9.17) is 9.47 Å². The summed E-state index contributed by atoms with van der Waals surface area (Å²) in [6.07, 6.45) is -7.90. The lowest BCUT2D eigenvalue weighted by Crippen LogP contribution is -2.57. The summed E-state index contributed by atoms with van der Waals surface area (Å²) in [4.78, 5) is 28.0. The van der Waals surface area contributed by atoms with Crippen LogP contribution >= 0.6 is 0 Å². The molecule has 316 valence electrons. The molecule has 10 nitrogen and oxygen atoms in total. The van der Waals surface area contributed by atoms with Crippen molar-refractivity contribution in [1.82, 2.24) is 18.9 Å². The number of ether oxygens (including phenoxy) is 2. The second-order valence-electron chi connectivity index (χ2n) is 14.6. The molecule has 2 amide bonds. The lowest BCUT2D eigenvalue weighted by Gasteiger charge is -2.36. The summed E-state index contributed by atoms with van der Waals surface area (Å²) in [5.74, 6) is -2.75. The van der Waals surface area contributed by atoms with E-state index in [1.165, 1.54) is 24.5 Å². The molecule has 16 heteroatoms. The SMILES string of the molecule is O=C(N1CCOCC1)C(O)(c1cn(Cc2ccccc2)c2ccccc12)C(F)(F)F.O=C(N1CCOCC1)C(O)(c1cn(Cc2ccccc2)c2ccccc12)C(F)(F)F. The Morgan fingerprint density at radius 1 is 0.500 bits per heavy atom. The van der Waals surface area contributed by atoms with Crippen molar-refractivity contribution in [2.75, 3.05) is 52.6 Å². The number of nitrogens with zero attached hydrogens (tertiary/aromatic N) is 4. The van der Waals surface area contributed by atoms with Gasteiger partial charge in [0.05, 0.1) is 26.4 Å². The number of amides is 2.